The highest BCUT2D eigenvalue weighted by molar-refractivity contribution is 7.13. The molecule has 1 saturated heterocycles. The number of aliphatic hydroxyl groups excluding tert-OH is 1. The predicted octanol–water partition coefficient (Wildman–Crippen LogP) is 3.03. The molecule has 0 atom stereocenters. The molecule has 0 saturated carbocycles. The molecule has 1 aliphatic heterocycles. The second-order valence-electron chi connectivity index (χ2n) is 7.12. The zero-order valence-corrected chi connectivity index (χ0v) is 16.6. The quantitative estimate of drug-likeness (QED) is 0.875. The normalized spacial score (nSPS) is 15.7. The van der Waals surface area contributed by atoms with Gasteiger partial charge in [-0.1, -0.05) is 38.1 Å². The fraction of sp³-hybridized carbons (Fsp3) is 0.500. The van der Waals surface area contributed by atoms with Crippen molar-refractivity contribution < 1.29 is 9.90 Å². The van der Waals surface area contributed by atoms with Crippen molar-refractivity contribution in [3.63, 3.8) is 0 Å². The topological polar surface area (TPSA) is 56.7 Å². The standard InChI is InChI=1S/C20H27N3O2S/c1-14(2)19-21-15(3)18(26-19)20(25)23-10-8-22(9-11-23)12-16-6-4-5-7-17(16)13-24/h4-7,14,24H,8-13H2,1-3H3. The van der Waals surface area contributed by atoms with E-state index in [0.717, 1.165) is 59.4 Å². The van der Waals surface area contributed by atoms with Crippen molar-refractivity contribution >= 4 is 17.2 Å². The SMILES string of the molecule is Cc1nc(C(C)C)sc1C(=O)N1CCN(Cc2ccccc2CO)CC1. The zero-order chi connectivity index (χ0) is 18.7. The number of rotatable bonds is 5. The molecule has 3 rings (SSSR count). The Balaban J connectivity index is 1.60. The van der Waals surface area contributed by atoms with Crippen molar-refractivity contribution in [2.24, 2.45) is 0 Å². The van der Waals surface area contributed by atoms with Crippen molar-refractivity contribution in [2.75, 3.05) is 26.2 Å². The fourth-order valence-corrected chi connectivity index (χ4v) is 4.26. The van der Waals surface area contributed by atoms with Crippen LogP contribution in [0.15, 0.2) is 24.3 Å². The lowest BCUT2D eigenvalue weighted by atomic mass is 10.1. The van der Waals surface area contributed by atoms with E-state index in [2.05, 4.69) is 29.8 Å². The summed E-state index contributed by atoms with van der Waals surface area (Å²) in [6.45, 7) is 10.2. The first kappa shape index (κ1) is 19.0. The molecule has 5 nitrogen and oxygen atoms in total. The maximum atomic E-state index is 12.9. The van der Waals surface area contributed by atoms with Crippen molar-refractivity contribution in [2.45, 2.75) is 39.8 Å². The van der Waals surface area contributed by atoms with Gasteiger partial charge in [-0.25, -0.2) is 4.98 Å². The summed E-state index contributed by atoms with van der Waals surface area (Å²) in [7, 11) is 0. The van der Waals surface area contributed by atoms with Crippen LogP contribution in [-0.4, -0.2) is 52.0 Å². The number of piperazine rings is 1. The maximum Gasteiger partial charge on any atom is 0.265 e. The molecule has 1 fully saturated rings. The molecule has 1 amide bonds. The lowest BCUT2D eigenvalue weighted by molar-refractivity contribution is 0.0631. The Labute approximate surface area is 159 Å². The molecule has 0 radical (unpaired) electrons. The Bertz CT molecular complexity index is 764. The van der Waals surface area contributed by atoms with Crippen molar-refractivity contribution in [3.05, 3.63) is 51.0 Å². The summed E-state index contributed by atoms with van der Waals surface area (Å²) < 4.78 is 0. The third kappa shape index (κ3) is 4.14. The summed E-state index contributed by atoms with van der Waals surface area (Å²) in [5.74, 6) is 0.464. The number of aryl methyl sites for hydroxylation is 1. The Morgan fingerprint density at radius 3 is 2.42 bits per heavy atom. The Kier molecular flexibility index (Phi) is 6.06. The Hall–Kier alpha value is -1.76. The number of carbonyl (C=O) groups is 1. The molecule has 1 N–H and O–H groups in total. The van der Waals surface area contributed by atoms with Gasteiger partial charge in [0.2, 0.25) is 0 Å². The second-order valence-corrected chi connectivity index (χ2v) is 8.15. The van der Waals surface area contributed by atoms with Gasteiger partial charge in [0.05, 0.1) is 17.3 Å². The molecule has 1 aromatic carbocycles. The summed E-state index contributed by atoms with van der Waals surface area (Å²) in [6.07, 6.45) is 0. The summed E-state index contributed by atoms with van der Waals surface area (Å²) in [5.41, 5.74) is 2.99. The molecule has 140 valence electrons. The van der Waals surface area contributed by atoms with Gasteiger partial charge in [0.1, 0.15) is 4.88 Å². The third-order valence-electron chi connectivity index (χ3n) is 4.84. The minimum Gasteiger partial charge on any atom is -0.392 e. The van der Waals surface area contributed by atoms with Gasteiger partial charge >= 0.3 is 0 Å². The minimum absolute atomic E-state index is 0.0669. The number of carbonyl (C=O) groups excluding carboxylic acids is 1. The highest BCUT2D eigenvalue weighted by Gasteiger charge is 2.26. The highest BCUT2D eigenvalue weighted by Crippen LogP contribution is 2.26. The Morgan fingerprint density at radius 2 is 1.85 bits per heavy atom. The van der Waals surface area contributed by atoms with Crippen LogP contribution in [0.3, 0.4) is 0 Å². The van der Waals surface area contributed by atoms with Crippen molar-refractivity contribution in [1.29, 1.82) is 0 Å². The van der Waals surface area contributed by atoms with Crippen LogP contribution in [0.1, 0.15) is 51.3 Å². The van der Waals surface area contributed by atoms with E-state index < -0.39 is 0 Å². The number of hydrogen-bond acceptors (Lipinski definition) is 5. The van der Waals surface area contributed by atoms with Gasteiger partial charge in [0.15, 0.2) is 0 Å². The molecular weight excluding hydrogens is 346 g/mol. The van der Waals surface area contributed by atoms with Gasteiger partial charge in [-0.2, -0.15) is 0 Å². The molecule has 0 spiro atoms. The van der Waals surface area contributed by atoms with Crippen molar-refractivity contribution in [1.82, 2.24) is 14.8 Å². The molecule has 2 aromatic rings. The molecule has 1 aliphatic rings. The summed E-state index contributed by atoms with van der Waals surface area (Å²) in [5, 5.41) is 10.5. The molecule has 2 heterocycles. The van der Waals surface area contributed by atoms with E-state index in [1.807, 2.05) is 30.0 Å². The first-order valence-electron chi connectivity index (χ1n) is 9.16. The first-order chi connectivity index (χ1) is 12.5. The van der Waals surface area contributed by atoms with Gasteiger partial charge in [-0.05, 0) is 18.1 Å². The van der Waals surface area contributed by atoms with Gasteiger partial charge in [0, 0.05) is 38.6 Å². The van der Waals surface area contributed by atoms with Crippen LogP contribution < -0.4 is 0 Å². The molecule has 0 unspecified atom stereocenters. The largest absolute Gasteiger partial charge is 0.392 e. The van der Waals surface area contributed by atoms with E-state index >= 15 is 0 Å². The van der Waals surface area contributed by atoms with Crippen LogP contribution in [0.5, 0.6) is 0 Å². The monoisotopic (exact) mass is 373 g/mol. The molecule has 0 aliphatic carbocycles. The summed E-state index contributed by atoms with van der Waals surface area (Å²) >= 11 is 1.53. The predicted molar refractivity (Wildman–Crippen MR) is 104 cm³/mol. The van der Waals surface area contributed by atoms with Crippen LogP contribution in [-0.2, 0) is 13.2 Å². The number of thiazole rings is 1. The first-order valence-corrected chi connectivity index (χ1v) is 9.97. The number of aliphatic hydroxyl groups is 1. The number of hydrogen-bond donors (Lipinski definition) is 1. The van der Waals surface area contributed by atoms with E-state index in [1.54, 1.807) is 0 Å². The fourth-order valence-electron chi connectivity index (χ4n) is 3.22. The van der Waals surface area contributed by atoms with E-state index in [9.17, 15) is 9.90 Å². The summed E-state index contributed by atoms with van der Waals surface area (Å²) in [4.78, 5) is 22.5. The van der Waals surface area contributed by atoms with Crippen LogP contribution in [0.4, 0.5) is 0 Å². The number of amides is 1. The number of aromatic nitrogens is 1. The van der Waals surface area contributed by atoms with E-state index in [4.69, 9.17) is 0 Å². The zero-order valence-electron chi connectivity index (χ0n) is 15.7. The van der Waals surface area contributed by atoms with Gasteiger partial charge in [-0.3, -0.25) is 9.69 Å². The molecule has 0 bridgehead atoms. The molecule has 26 heavy (non-hydrogen) atoms. The van der Waals surface area contributed by atoms with Crippen LogP contribution in [0, 0.1) is 6.92 Å². The van der Waals surface area contributed by atoms with Gasteiger partial charge < -0.3 is 10.0 Å². The molecular formula is C20H27N3O2S. The molecule has 1 aromatic heterocycles. The average Bonchev–Trinajstić information content (AvgIpc) is 3.04. The maximum absolute atomic E-state index is 12.9. The van der Waals surface area contributed by atoms with E-state index in [1.165, 1.54) is 11.3 Å². The molecule has 6 heteroatoms. The van der Waals surface area contributed by atoms with Gasteiger partial charge in [0.25, 0.3) is 5.91 Å². The lowest BCUT2D eigenvalue weighted by Crippen LogP contribution is -2.48. The van der Waals surface area contributed by atoms with Crippen LogP contribution in [0.2, 0.25) is 0 Å². The third-order valence-corrected chi connectivity index (χ3v) is 6.29. The second kappa shape index (κ2) is 8.29. The summed E-state index contributed by atoms with van der Waals surface area (Å²) in [6, 6.07) is 7.99. The Morgan fingerprint density at radius 1 is 1.19 bits per heavy atom. The van der Waals surface area contributed by atoms with Crippen LogP contribution in [0.25, 0.3) is 0 Å². The van der Waals surface area contributed by atoms with E-state index in [0.29, 0.717) is 5.92 Å². The van der Waals surface area contributed by atoms with E-state index in [-0.39, 0.29) is 12.5 Å². The van der Waals surface area contributed by atoms with Gasteiger partial charge in [-0.15, -0.1) is 11.3 Å². The average molecular weight is 374 g/mol. The smallest absolute Gasteiger partial charge is 0.265 e. The number of benzene rings is 1. The lowest BCUT2D eigenvalue weighted by Gasteiger charge is -2.34. The van der Waals surface area contributed by atoms with Crippen LogP contribution >= 0.6 is 11.3 Å². The minimum atomic E-state index is 0.0669. The van der Waals surface area contributed by atoms with Crippen molar-refractivity contribution in [3.8, 4) is 0 Å². The highest BCUT2D eigenvalue weighted by atomic mass is 32.1. The number of nitrogens with zero attached hydrogens (tertiary/aromatic N) is 3.